The molecule has 0 aliphatic heterocycles. The average Bonchev–Trinajstić information content (AvgIpc) is 2.36. The third kappa shape index (κ3) is 6.52. The highest BCUT2D eigenvalue weighted by atomic mass is 32.2. The first-order valence-electron chi connectivity index (χ1n) is 6.81. The molecule has 108 valence electrons. The van der Waals surface area contributed by atoms with Crippen LogP contribution in [0, 0.1) is 0 Å². The van der Waals surface area contributed by atoms with Gasteiger partial charge >= 0.3 is 0 Å². The lowest BCUT2D eigenvalue weighted by Gasteiger charge is -2.10. The number of aromatic nitrogens is 2. The highest BCUT2D eigenvalue weighted by Crippen LogP contribution is 2.12. The summed E-state index contributed by atoms with van der Waals surface area (Å²) in [5.74, 6) is 3.15. The van der Waals surface area contributed by atoms with Gasteiger partial charge in [-0.25, -0.2) is 9.97 Å². The quantitative estimate of drug-likeness (QED) is 0.726. The van der Waals surface area contributed by atoms with Crippen molar-refractivity contribution < 1.29 is 4.21 Å². The minimum absolute atomic E-state index is 0.630. The summed E-state index contributed by atoms with van der Waals surface area (Å²) in [6.07, 6.45) is 4.66. The number of nitrogens with zero attached hydrogens (tertiary/aromatic N) is 2. The van der Waals surface area contributed by atoms with Crippen LogP contribution in [-0.2, 0) is 17.2 Å². The summed E-state index contributed by atoms with van der Waals surface area (Å²) in [5, 5.41) is 6.49. The van der Waals surface area contributed by atoms with E-state index in [0.29, 0.717) is 12.3 Å². The van der Waals surface area contributed by atoms with Crippen LogP contribution in [0.1, 0.15) is 32.5 Å². The van der Waals surface area contributed by atoms with Gasteiger partial charge in [-0.2, -0.15) is 0 Å². The molecular formula is C13H24N4OS. The van der Waals surface area contributed by atoms with Gasteiger partial charge in [0, 0.05) is 48.4 Å². The van der Waals surface area contributed by atoms with Gasteiger partial charge in [0.05, 0.1) is 0 Å². The molecule has 0 bridgehead atoms. The van der Waals surface area contributed by atoms with E-state index >= 15 is 0 Å². The van der Waals surface area contributed by atoms with Crippen molar-refractivity contribution in [3.05, 3.63) is 11.9 Å². The lowest BCUT2D eigenvalue weighted by atomic mass is 10.3. The Hall–Kier alpha value is -1.17. The fourth-order valence-corrected chi connectivity index (χ4v) is 1.98. The molecular weight excluding hydrogens is 260 g/mol. The normalized spacial score (nSPS) is 12.2. The monoisotopic (exact) mass is 284 g/mol. The van der Waals surface area contributed by atoms with E-state index in [1.165, 1.54) is 0 Å². The topological polar surface area (TPSA) is 66.9 Å². The van der Waals surface area contributed by atoms with E-state index in [0.717, 1.165) is 43.3 Å². The van der Waals surface area contributed by atoms with Gasteiger partial charge in [0.2, 0.25) is 0 Å². The third-order valence-corrected chi connectivity index (χ3v) is 3.28. The molecule has 1 rings (SSSR count). The molecule has 0 aliphatic carbocycles. The fourth-order valence-electron chi connectivity index (χ4n) is 1.59. The average molecular weight is 284 g/mol. The largest absolute Gasteiger partial charge is 0.370 e. The van der Waals surface area contributed by atoms with Crippen molar-refractivity contribution in [2.75, 3.05) is 35.7 Å². The van der Waals surface area contributed by atoms with Gasteiger partial charge in [-0.15, -0.1) is 0 Å². The van der Waals surface area contributed by atoms with Crippen molar-refractivity contribution in [2.45, 2.75) is 33.1 Å². The maximum atomic E-state index is 11.0. The Morgan fingerprint density at radius 3 is 2.26 bits per heavy atom. The summed E-state index contributed by atoms with van der Waals surface area (Å²) in [6, 6.07) is 1.91. The molecule has 1 atom stereocenters. The van der Waals surface area contributed by atoms with Crippen molar-refractivity contribution in [3.63, 3.8) is 0 Å². The van der Waals surface area contributed by atoms with E-state index in [4.69, 9.17) is 0 Å². The SMILES string of the molecule is CCCNc1cc(NCCS(C)=O)nc(CCC)n1. The number of hydrogen-bond donors (Lipinski definition) is 2. The number of anilines is 2. The van der Waals surface area contributed by atoms with Crippen molar-refractivity contribution in [1.29, 1.82) is 0 Å². The van der Waals surface area contributed by atoms with Crippen LogP contribution in [0.25, 0.3) is 0 Å². The van der Waals surface area contributed by atoms with Gasteiger partial charge < -0.3 is 10.6 Å². The molecule has 0 spiro atoms. The van der Waals surface area contributed by atoms with E-state index in [1.807, 2.05) is 6.07 Å². The molecule has 0 aromatic carbocycles. The summed E-state index contributed by atoms with van der Waals surface area (Å²) >= 11 is 0. The predicted octanol–water partition coefficient (Wildman–Crippen LogP) is 2.04. The van der Waals surface area contributed by atoms with Crippen LogP contribution in [0.5, 0.6) is 0 Å². The fraction of sp³-hybridized carbons (Fsp3) is 0.692. The van der Waals surface area contributed by atoms with Crippen LogP contribution in [0.15, 0.2) is 6.07 Å². The lowest BCUT2D eigenvalue weighted by Crippen LogP contribution is -2.13. The summed E-state index contributed by atoms with van der Waals surface area (Å²) < 4.78 is 11.0. The van der Waals surface area contributed by atoms with Gasteiger partial charge in [0.25, 0.3) is 0 Å². The van der Waals surface area contributed by atoms with Crippen molar-refractivity contribution in [2.24, 2.45) is 0 Å². The third-order valence-electron chi connectivity index (χ3n) is 2.50. The Bertz CT molecular complexity index is 412. The van der Waals surface area contributed by atoms with E-state index in [9.17, 15) is 4.21 Å². The van der Waals surface area contributed by atoms with Crippen molar-refractivity contribution in [3.8, 4) is 0 Å². The maximum absolute atomic E-state index is 11.0. The Morgan fingerprint density at radius 1 is 1.11 bits per heavy atom. The molecule has 1 aromatic heterocycles. The smallest absolute Gasteiger partial charge is 0.133 e. The molecule has 0 saturated heterocycles. The first-order chi connectivity index (χ1) is 9.15. The van der Waals surface area contributed by atoms with Crippen molar-refractivity contribution >= 4 is 22.4 Å². The minimum Gasteiger partial charge on any atom is -0.370 e. The Labute approximate surface area is 118 Å². The molecule has 0 fully saturated rings. The van der Waals surface area contributed by atoms with Gasteiger partial charge in [-0.05, 0) is 12.8 Å². The Balaban J connectivity index is 2.71. The molecule has 0 aliphatic rings. The molecule has 2 N–H and O–H groups in total. The summed E-state index contributed by atoms with van der Waals surface area (Å²) in [4.78, 5) is 8.95. The molecule has 0 saturated carbocycles. The summed E-state index contributed by atoms with van der Waals surface area (Å²) in [7, 11) is -0.780. The van der Waals surface area contributed by atoms with Gasteiger partial charge in [0.1, 0.15) is 17.5 Å². The lowest BCUT2D eigenvalue weighted by molar-refractivity contribution is 0.687. The van der Waals surface area contributed by atoms with Crippen LogP contribution in [0.3, 0.4) is 0 Å². The van der Waals surface area contributed by atoms with Gasteiger partial charge in [-0.1, -0.05) is 13.8 Å². The van der Waals surface area contributed by atoms with Crippen LogP contribution >= 0.6 is 0 Å². The maximum Gasteiger partial charge on any atom is 0.133 e. The molecule has 1 heterocycles. The molecule has 19 heavy (non-hydrogen) atoms. The number of rotatable bonds is 9. The van der Waals surface area contributed by atoms with E-state index in [-0.39, 0.29) is 0 Å². The second kappa shape index (κ2) is 8.85. The number of nitrogens with one attached hydrogen (secondary N) is 2. The zero-order chi connectivity index (χ0) is 14.1. The molecule has 0 radical (unpaired) electrons. The Kier molecular flexibility index (Phi) is 7.40. The summed E-state index contributed by atoms with van der Waals surface area (Å²) in [5.41, 5.74) is 0. The van der Waals surface area contributed by atoms with Crippen molar-refractivity contribution in [1.82, 2.24) is 9.97 Å². The number of aryl methyl sites for hydroxylation is 1. The number of hydrogen-bond acceptors (Lipinski definition) is 5. The second-order valence-electron chi connectivity index (χ2n) is 4.44. The molecule has 0 amide bonds. The zero-order valence-corrected chi connectivity index (χ0v) is 12.8. The minimum atomic E-state index is -0.780. The first kappa shape index (κ1) is 15.9. The molecule has 1 unspecified atom stereocenters. The van der Waals surface area contributed by atoms with E-state index < -0.39 is 10.8 Å². The summed E-state index contributed by atoms with van der Waals surface area (Å²) in [6.45, 7) is 5.81. The molecule has 1 aromatic rings. The van der Waals surface area contributed by atoms with Crippen LogP contribution in [-0.4, -0.2) is 39.3 Å². The van der Waals surface area contributed by atoms with Crippen LogP contribution in [0.4, 0.5) is 11.6 Å². The predicted molar refractivity (Wildman–Crippen MR) is 82.2 cm³/mol. The second-order valence-corrected chi connectivity index (χ2v) is 5.99. The highest BCUT2D eigenvalue weighted by molar-refractivity contribution is 7.84. The first-order valence-corrected chi connectivity index (χ1v) is 8.54. The van der Waals surface area contributed by atoms with Crippen LogP contribution in [0.2, 0.25) is 0 Å². The standard InChI is InChI=1S/C13H24N4OS/c1-4-6-11-16-12(14-7-5-2)10-13(17-11)15-8-9-19(3)18/h10H,4-9H2,1-3H3,(H2,14,15,16,17). The van der Waals surface area contributed by atoms with E-state index in [1.54, 1.807) is 6.26 Å². The molecule has 5 nitrogen and oxygen atoms in total. The Morgan fingerprint density at radius 2 is 1.74 bits per heavy atom. The zero-order valence-electron chi connectivity index (χ0n) is 12.0. The van der Waals surface area contributed by atoms with Crippen LogP contribution < -0.4 is 10.6 Å². The highest BCUT2D eigenvalue weighted by Gasteiger charge is 2.04. The van der Waals surface area contributed by atoms with Gasteiger partial charge in [0.15, 0.2) is 0 Å². The molecule has 6 heteroatoms. The van der Waals surface area contributed by atoms with E-state index in [2.05, 4.69) is 34.4 Å². The van der Waals surface area contributed by atoms with Gasteiger partial charge in [-0.3, -0.25) is 4.21 Å².